The molecule has 0 aliphatic carbocycles. The second kappa shape index (κ2) is 6.55. The van der Waals surface area contributed by atoms with E-state index in [4.69, 9.17) is 16.3 Å². The molecule has 1 heterocycles. The van der Waals surface area contributed by atoms with Crippen LogP contribution in [0.5, 0.6) is 5.88 Å². The molecule has 1 atom stereocenters. The fourth-order valence-electron chi connectivity index (χ4n) is 1.87. The number of aromatic nitrogens is 1. The van der Waals surface area contributed by atoms with Crippen LogP contribution in [0.25, 0.3) is 0 Å². The molecule has 0 saturated carbocycles. The first-order valence-corrected chi connectivity index (χ1v) is 6.55. The minimum atomic E-state index is 0.238. The summed E-state index contributed by atoms with van der Waals surface area (Å²) in [6, 6.07) is 12.0. The van der Waals surface area contributed by atoms with Crippen molar-refractivity contribution >= 4 is 11.6 Å². The average molecular weight is 277 g/mol. The van der Waals surface area contributed by atoms with Crippen molar-refractivity contribution in [2.75, 3.05) is 7.11 Å². The maximum atomic E-state index is 5.88. The molecule has 0 fully saturated rings. The molecule has 0 radical (unpaired) electrons. The highest BCUT2D eigenvalue weighted by molar-refractivity contribution is 6.30. The molecule has 0 aliphatic heterocycles. The number of halogens is 1. The predicted octanol–water partition coefficient (Wildman–Crippen LogP) is 3.59. The molecular weight excluding hydrogens is 260 g/mol. The summed E-state index contributed by atoms with van der Waals surface area (Å²) in [5, 5.41) is 4.20. The number of nitrogens with zero attached hydrogens (tertiary/aromatic N) is 1. The monoisotopic (exact) mass is 276 g/mol. The summed E-state index contributed by atoms with van der Waals surface area (Å²) in [7, 11) is 1.63. The molecule has 100 valence electrons. The Kier molecular flexibility index (Phi) is 4.77. The van der Waals surface area contributed by atoms with Gasteiger partial charge in [0.15, 0.2) is 0 Å². The van der Waals surface area contributed by atoms with E-state index in [1.54, 1.807) is 13.3 Å². The smallest absolute Gasteiger partial charge is 0.217 e. The minimum Gasteiger partial charge on any atom is -0.481 e. The third-order valence-electron chi connectivity index (χ3n) is 3.01. The highest BCUT2D eigenvalue weighted by Gasteiger charge is 2.07. The topological polar surface area (TPSA) is 34.1 Å². The van der Waals surface area contributed by atoms with Crippen molar-refractivity contribution in [2.24, 2.45) is 0 Å². The zero-order valence-corrected chi connectivity index (χ0v) is 11.8. The van der Waals surface area contributed by atoms with Crippen molar-refractivity contribution in [3.8, 4) is 5.88 Å². The van der Waals surface area contributed by atoms with Gasteiger partial charge in [-0.15, -0.1) is 0 Å². The van der Waals surface area contributed by atoms with Crippen LogP contribution in [0.3, 0.4) is 0 Å². The van der Waals surface area contributed by atoms with Crippen LogP contribution >= 0.6 is 11.6 Å². The molecule has 2 rings (SSSR count). The fourth-order valence-corrected chi connectivity index (χ4v) is 2.00. The lowest BCUT2D eigenvalue weighted by Crippen LogP contribution is -2.18. The van der Waals surface area contributed by atoms with Gasteiger partial charge < -0.3 is 10.1 Å². The first kappa shape index (κ1) is 13.8. The van der Waals surface area contributed by atoms with Gasteiger partial charge in [0.25, 0.3) is 0 Å². The van der Waals surface area contributed by atoms with Gasteiger partial charge in [0.1, 0.15) is 0 Å². The van der Waals surface area contributed by atoms with Crippen molar-refractivity contribution in [1.82, 2.24) is 10.3 Å². The van der Waals surface area contributed by atoms with E-state index in [1.165, 1.54) is 5.56 Å². The SMILES string of the molecule is COc1ncccc1CNC(C)c1ccc(Cl)cc1. The lowest BCUT2D eigenvalue weighted by molar-refractivity contribution is 0.389. The van der Waals surface area contributed by atoms with Crippen LogP contribution in [0.15, 0.2) is 42.6 Å². The molecule has 0 spiro atoms. The van der Waals surface area contributed by atoms with E-state index < -0.39 is 0 Å². The number of hydrogen-bond acceptors (Lipinski definition) is 3. The summed E-state index contributed by atoms with van der Waals surface area (Å²) >= 11 is 5.88. The molecule has 1 N–H and O–H groups in total. The number of hydrogen-bond donors (Lipinski definition) is 1. The molecule has 19 heavy (non-hydrogen) atoms. The van der Waals surface area contributed by atoms with E-state index in [2.05, 4.69) is 17.2 Å². The number of pyridine rings is 1. The molecule has 4 heteroatoms. The molecule has 0 amide bonds. The molecular formula is C15H17ClN2O. The average Bonchev–Trinajstić information content (AvgIpc) is 2.45. The number of benzene rings is 1. The maximum absolute atomic E-state index is 5.88. The summed E-state index contributed by atoms with van der Waals surface area (Å²) in [5.74, 6) is 0.665. The van der Waals surface area contributed by atoms with Gasteiger partial charge in [0.05, 0.1) is 7.11 Å². The van der Waals surface area contributed by atoms with Crippen LogP contribution in [-0.2, 0) is 6.54 Å². The zero-order valence-electron chi connectivity index (χ0n) is 11.1. The van der Waals surface area contributed by atoms with E-state index in [0.29, 0.717) is 12.4 Å². The Morgan fingerprint density at radius 2 is 2.00 bits per heavy atom. The van der Waals surface area contributed by atoms with Crippen LogP contribution in [0.4, 0.5) is 0 Å². The summed E-state index contributed by atoms with van der Waals surface area (Å²) in [6.07, 6.45) is 1.73. The van der Waals surface area contributed by atoms with Gasteiger partial charge in [0, 0.05) is 29.4 Å². The van der Waals surface area contributed by atoms with Crippen molar-refractivity contribution in [1.29, 1.82) is 0 Å². The molecule has 0 saturated heterocycles. The summed E-state index contributed by atoms with van der Waals surface area (Å²) in [4.78, 5) is 4.18. The van der Waals surface area contributed by atoms with Crippen LogP contribution in [0.2, 0.25) is 5.02 Å². The molecule has 3 nitrogen and oxygen atoms in total. The number of rotatable bonds is 5. The Bertz CT molecular complexity index is 528. The van der Waals surface area contributed by atoms with Crippen LogP contribution in [0.1, 0.15) is 24.1 Å². The Balaban J connectivity index is 2.00. The number of ether oxygens (including phenoxy) is 1. The summed E-state index contributed by atoms with van der Waals surface area (Å²) in [6.45, 7) is 2.83. The van der Waals surface area contributed by atoms with E-state index in [1.807, 2.05) is 36.4 Å². The molecule has 1 unspecified atom stereocenters. The third kappa shape index (κ3) is 3.69. The lowest BCUT2D eigenvalue weighted by Gasteiger charge is -2.15. The Morgan fingerprint density at radius 3 is 2.68 bits per heavy atom. The normalized spacial score (nSPS) is 12.2. The zero-order chi connectivity index (χ0) is 13.7. The number of nitrogens with one attached hydrogen (secondary N) is 1. The second-order valence-electron chi connectivity index (χ2n) is 4.33. The van der Waals surface area contributed by atoms with Gasteiger partial charge in [-0.1, -0.05) is 29.8 Å². The second-order valence-corrected chi connectivity index (χ2v) is 4.76. The molecule has 0 aliphatic rings. The fraction of sp³-hybridized carbons (Fsp3) is 0.267. The van der Waals surface area contributed by atoms with Crippen molar-refractivity contribution in [3.63, 3.8) is 0 Å². The van der Waals surface area contributed by atoms with E-state index in [0.717, 1.165) is 10.6 Å². The minimum absolute atomic E-state index is 0.238. The van der Waals surface area contributed by atoms with Gasteiger partial charge >= 0.3 is 0 Å². The van der Waals surface area contributed by atoms with Gasteiger partial charge in [-0.2, -0.15) is 0 Å². The standard InChI is InChI=1S/C15H17ClN2O/c1-11(12-5-7-14(16)8-6-12)18-10-13-4-3-9-17-15(13)19-2/h3-9,11,18H,10H2,1-2H3. The van der Waals surface area contributed by atoms with Gasteiger partial charge in [0.2, 0.25) is 5.88 Å². The largest absolute Gasteiger partial charge is 0.481 e. The Hall–Kier alpha value is -1.58. The van der Waals surface area contributed by atoms with Crippen LogP contribution in [0, 0.1) is 0 Å². The highest BCUT2D eigenvalue weighted by Crippen LogP contribution is 2.18. The Morgan fingerprint density at radius 1 is 1.26 bits per heavy atom. The van der Waals surface area contributed by atoms with Crippen molar-refractivity contribution in [2.45, 2.75) is 19.5 Å². The van der Waals surface area contributed by atoms with E-state index in [9.17, 15) is 0 Å². The van der Waals surface area contributed by atoms with E-state index >= 15 is 0 Å². The highest BCUT2D eigenvalue weighted by atomic mass is 35.5. The lowest BCUT2D eigenvalue weighted by atomic mass is 10.1. The maximum Gasteiger partial charge on any atom is 0.217 e. The summed E-state index contributed by atoms with van der Waals surface area (Å²) < 4.78 is 5.23. The molecule has 2 aromatic rings. The number of methoxy groups -OCH3 is 1. The molecule has 0 bridgehead atoms. The molecule has 1 aromatic heterocycles. The first-order chi connectivity index (χ1) is 9.20. The third-order valence-corrected chi connectivity index (χ3v) is 3.26. The predicted molar refractivity (Wildman–Crippen MR) is 77.5 cm³/mol. The van der Waals surface area contributed by atoms with E-state index in [-0.39, 0.29) is 6.04 Å². The summed E-state index contributed by atoms with van der Waals surface area (Å²) in [5.41, 5.74) is 2.25. The van der Waals surface area contributed by atoms with Gasteiger partial charge in [-0.05, 0) is 30.7 Å². The van der Waals surface area contributed by atoms with Crippen molar-refractivity contribution < 1.29 is 4.74 Å². The van der Waals surface area contributed by atoms with Gasteiger partial charge in [-0.3, -0.25) is 0 Å². The quantitative estimate of drug-likeness (QED) is 0.906. The molecule has 1 aromatic carbocycles. The van der Waals surface area contributed by atoms with Crippen molar-refractivity contribution in [3.05, 3.63) is 58.7 Å². The first-order valence-electron chi connectivity index (χ1n) is 6.17. The van der Waals surface area contributed by atoms with Gasteiger partial charge in [-0.25, -0.2) is 4.98 Å². The Labute approximate surface area is 118 Å². The van der Waals surface area contributed by atoms with Crippen LogP contribution < -0.4 is 10.1 Å². The van der Waals surface area contributed by atoms with Crippen LogP contribution in [-0.4, -0.2) is 12.1 Å².